The van der Waals surface area contributed by atoms with Crippen LogP contribution in [0, 0.1) is 0 Å². The first-order chi connectivity index (χ1) is 9.69. The molecule has 5 nitrogen and oxygen atoms in total. The highest BCUT2D eigenvalue weighted by Crippen LogP contribution is 2.15. The van der Waals surface area contributed by atoms with Crippen LogP contribution in [0.5, 0.6) is 0 Å². The van der Waals surface area contributed by atoms with Gasteiger partial charge in [0.25, 0.3) is 0 Å². The summed E-state index contributed by atoms with van der Waals surface area (Å²) >= 11 is 0. The number of hydrogen-bond acceptors (Lipinski definition) is 4. The fraction of sp³-hybridized carbons (Fsp3) is 0.267. The molecule has 106 valence electrons. The molecule has 1 aromatic heterocycles. The number of anilines is 1. The standard InChI is InChI=1S/C15H17NO4/c17-6-2-4-11-3-1-5-13(7-11)16-9-14-8-12(10-20-14)15(18)19/h1,3,5,7-8,10,16-17H,2,4,6,9H2,(H,18,19). The first kappa shape index (κ1) is 14.1. The van der Waals surface area contributed by atoms with Crippen LogP contribution in [0.3, 0.4) is 0 Å². The third-order valence-electron chi connectivity index (χ3n) is 2.92. The summed E-state index contributed by atoms with van der Waals surface area (Å²) in [5.41, 5.74) is 2.24. The second-order valence-corrected chi connectivity index (χ2v) is 4.49. The lowest BCUT2D eigenvalue weighted by atomic mass is 10.1. The van der Waals surface area contributed by atoms with Crippen molar-refractivity contribution in [3.63, 3.8) is 0 Å². The molecule has 0 saturated heterocycles. The summed E-state index contributed by atoms with van der Waals surface area (Å²) in [5, 5.41) is 20.8. The molecule has 0 spiro atoms. The fourth-order valence-corrected chi connectivity index (χ4v) is 1.89. The van der Waals surface area contributed by atoms with Gasteiger partial charge in [-0.1, -0.05) is 12.1 Å². The van der Waals surface area contributed by atoms with E-state index in [2.05, 4.69) is 5.32 Å². The summed E-state index contributed by atoms with van der Waals surface area (Å²) < 4.78 is 5.17. The third kappa shape index (κ3) is 3.86. The molecule has 3 N–H and O–H groups in total. The summed E-state index contributed by atoms with van der Waals surface area (Å²) in [6.45, 7) is 0.610. The van der Waals surface area contributed by atoms with Gasteiger partial charge in [-0.25, -0.2) is 4.79 Å². The van der Waals surface area contributed by atoms with Gasteiger partial charge in [0.1, 0.15) is 12.0 Å². The van der Waals surface area contributed by atoms with E-state index in [1.165, 1.54) is 12.3 Å². The van der Waals surface area contributed by atoms with E-state index in [0.717, 1.165) is 24.1 Å². The molecule has 0 aliphatic heterocycles. The van der Waals surface area contributed by atoms with Crippen molar-refractivity contribution in [1.29, 1.82) is 0 Å². The van der Waals surface area contributed by atoms with Gasteiger partial charge in [-0.15, -0.1) is 0 Å². The van der Waals surface area contributed by atoms with Crippen molar-refractivity contribution in [2.45, 2.75) is 19.4 Å². The number of furan rings is 1. The number of hydrogen-bond donors (Lipinski definition) is 3. The maximum Gasteiger partial charge on any atom is 0.338 e. The molecule has 0 aliphatic rings. The van der Waals surface area contributed by atoms with E-state index in [4.69, 9.17) is 14.6 Å². The Morgan fingerprint density at radius 2 is 2.15 bits per heavy atom. The van der Waals surface area contributed by atoms with E-state index >= 15 is 0 Å². The van der Waals surface area contributed by atoms with Gasteiger partial charge in [0, 0.05) is 12.3 Å². The summed E-state index contributed by atoms with van der Waals surface area (Å²) in [5.74, 6) is -0.422. The fourth-order valence-electron chi connectivity index (χ4n) is 1.89. The second kappa shape index (κ2) is 6.77. The van der Waals surface area contributed by atoms with Gasteiger partial charge in [-0.05, 0) is 36.6 Å². The highest BCUT2D eigenvalue weighted by molar-refractivity contribution is 5.87. The van der Waals surface area contributed by atoms with Crippen LogP contribution < -0.4 is 5.32 Å². The molecule has 0 aliphatic carbocycles. The number of nitrogens with one attached hydrogen (secondary N) is 1. The van der Waals surface area contributed by atoms with Crippen molar-refractivity contribution in [3.8, 4) is 0 Å². The van der Waals surface area contributed by atoms with Crippen LogP contribution in [-0.2, 0) is 13.0 Å². The van der Waals surface area contributed by atoms with Gasteiger partial charge >= 0.3 is 5.97 Å². The highest BCUT2D eigenvalue weighted by Gasteiger charge is 2.07. The molecule has 0 saturated carbocycles. The average Bonchev–Trinajstić information content (AvgIpc) is 2.92. The van der Waals surface area contributed by atoms with Gasteiger partial charge in [-0.3, -0.25) is 0 Å². The van der Waals surface area contributed by atoms with Crippen LogP contribution in [0.25, 0.3) is 0 Å². The van der Waals surface area contributed by atoms with Gasteiger partial charge < -0.3 is 19.9 Å². The van der Waals surface area contributed by atoms with Crippen LogP contribution >= 0.6 is 0 Å². The Labute approximate surface area is 116 Å². The summed E-state index contributed by atoms with van der Waals surface area (Å²) in [6.07, 6.45) is 2.80. The number of aliphatic hydroxyl groups excluding tert-OH is 1. The molecule has 1 heterocycles. The SMILES string of the molecule is O=C(O)c1coc(CNc2cccc(CCCO)c2)c1. The predicted molar refractivity (Wildman–Crippen MR) is 74.8 cm³/mol. The molecule has 1 aromatic carbocycles. The zero-order chi connectivity index (χ0) is 14.4. The predicted octanol–water partition coefficient (Wildman–Crippen LogP) is 2.51. The smallest absolute Gasteiger partial charge is 0.338 e. The second-order valence-electron chi connectivity index (χ2n) is 4.49. The Hall–Kier alpha value is -2.27. The van der Waals surface area contributed by atoms with Crippen LogP contribution in [0.1, 0.15) is 28.1 Å². The van der Waals surface area contributed by atoms with E-state index in [0.29, 0.717) is 12.3 Å². The molecule has 2 rings (SSSR count). The number of carboxylic acids is 1. The quantitative estimate of drug-likeness (QED) is 0.723. The number of rotatable bonds is 7. The van der Waals surface area contributed by atoms with Crippen molar-refractivity contribution in [3.05, 3.63) is 53.5 Å². The first-order valence-corrected chi connectivity index (χ1v) is 6.43. The van der Waals surface area contributed by atoms with Crippen LogP contribution in [0.15, 0.2) is 41.0 Å². The molecule has 5 heteroatoms. The lowest BCUT2D eigenvalue weighted by molar-refractivity contribution is 0.0696. The number of carbonyl (C=O) groups is 1. The number of benzene rings is 1. The van der Waals surface area contributed by atoms with Crippen molar-refractivity contribution in [1.82, 2.24) is 0 Å². The Morgan fingerprint density at radius 1 is 1.30 bits per heavy atom. The topological polar surface area (TPSA) is 82.7 Å². The van der Waals surface area contributed by atoms with Gasteiger partial charge in [0.2, 0.25) is 0 Å². The molecular formula is C15H17NO4. The van der Waals surface area contributed by atoms with Crippen molar-refractivity contribution < 1.29 is 19.4 Å². The normalized spacial score (nSPS) is 10.4. The number of aryl methyl sites for hydroxylation is 1. The van der Waals surface area contributed by atoms with Crippen LogP contribution in [0.4, 0.5) is 5.69 Å². The Balaban J connectivity index is 1.94. The average molecular weight is 275 g/mol. The molecule has 0 fully saturated rings. The van der Waals surface area contributed by atoms with E-state index in [-0.39, 0.29) is 12.2 Å². The summed E-state index contributed by atoms with van der Waals surface area (Å²) in [6, 6.07) is 9.40. The minimum Gasteiger partial charge on any atom is -0.478 e. The van der Waals surface area contributed by atoms with Gasteiger partial charge in [-0.2, -0.15) is 0 Å². The zero-order valence-corrected chi connectivity index (χ0v) is 11.0. The van der Waals surface area contributed by atoms with Gasteiger partial charge in [0.05, 0.1) is 12.1 Å². The summed E-state index contributed by atoms with van der Waals surface area (Å²) in [4.78, 5) is 10.7. The molecule has 0 atom stereocenters. The highest BCUT2D eigenvalue weighted by atomic mass is 16.4. The molecule has 0 amide bonds. The van der Waals surface area contributed by atoms with Crippen LogP contribution in [-0.4, -0.2) is 22.8 Å². The Bertz CT molecular complexity index is 577. The minimum absolute atomic E-state index is 0.151. The van der Waals surface area contributed by atoms with E-state index < -0.39 is 5.97 Å². The molecule has 2 aromatic rings. The van der Waals surface area contributed by atoms with E-state index in [1.54, 1.807) is 0 Å². The lowest BCUT2D eigenvalue weighted by Crippen LogP contribution is -1.99. The van der Waals surface area contributed by atoms with Crippen molar-refractivity contribution in [2.24, 2.45) is 0 Å². The Morgan fingerprint density at radius 3 is 2.85 bits per heavy atom. The van der Waals surface area contributed by atoms with E-state index in [1.807, 2.05) is 24.3 Å². The zero-order valence-electron chi connectivity index (χ0n) is 11.0. The maximum absolute atomic E-state index is 10.7. The number of aliphatic hydroxyl groups is 1. The van der Waals surface area contributed by atoms with Crippen molar-refractivity contribution in [2.75, 3.05) is 11.9 Å². The minimum atomic E-state index is -0.994. The monoisotopic (exact) mass is 275 g/mol. The molecule has 0 radical (unpaired) electrons. The summed E-state index contributed by atoms with van der Waals surface area (Å²) in [7, 11) is 0. The maximum atomic E-state index is 10.7. The molecule has 0 unspecified atom stereocenters. The molecular weight excluding hydrogens is 258 g/mol. The largest absolute Gasteiger partial charge is 0.478 e. The first-order valence-electron chi connectivity index (χ1n) is 6.43. The van der Waals surface area contributed by atoms with Crippen molar-refractivity contribution >= 4 is 11.7 Å². The van der Waals surface area contributed by atoms with Gasteiger partial charge in [0.15, 0.2) is 0 Å². The molecule has 20 heavy (non-hydrogen) atoms. The number of aromatic carboxylic acids is 1. The molecule has 0 bridgehead atoms. The third-order valence-corrected chi connectivity index (χ3v) is 2.92. The Kier molecular flexibility index (Phi) is 4.79. The lowest BCUT2D eigenvalue weighted by Gasteiger charge is -2.06. The van der Waals surface area contributed by atoms with E-state index in [9.17, 15) is 4.79 Å². The van der Waals surface area contributed by atoms with Crippen LogP contribution in [0.2, 0.25) is 0 Å². The number of carboxylic acid groups (broad SMARTS) is 1.